The van der Waals surface area contributed by atoms with Crippen LogP contribution in [0.1, 0.15) is 12.5 Å². The Hall–Kier alpha value is -2.08. The van der Waals surface area contributed by atoms with Crippen LogP contribution in [-0.4, -0.2) is 49.6 Å². The number of ether oxygens (including phenoxy) is 1. The van der Waals surface area contributed by atoms with E-state index < -0.39 is 0 Å². The minimum atomic E-state index is -0.0237. The number of aryl methyl sites for hydroxylation is 1. The van der Waals surface area contributed by atoms with Crippen LogP contribution in [0.15, 0.2) is 29.3 Å². The molecule has 0 spiro atoms. The van der Waals surface area contributed by atoms with Crippen molar-refractivity contribution in [3.8, 4) is 0 Å². The Kier molecular flexibility index (Phi) is 5.57. The minimum Gasteiger partial charge on any atom is -0.378 e. The summed E-state index contributed by atoms with van der Waals surface area (Å²) in [6, 6.07) is 7.97. The second-order valence-corrected chi connectivity index (χ2v) is 4.87. The monoisotopic (exact) mass is 290 g/mol. The molecule has 1 aliphatic heterocycles. The van der Waals surface area contributed by atoms with E-state index in [1.165, 1.54) is 5.56 Å². The first-order valence-electron chi connectivity index (χ1n) is 7.20. The van der Waals surface area contributed by atoms with Crippen LogP contribution < -0.4 is 11.1 Å². The predicted octanol–water partition coefficient (Wildman–Crippen LogP) is 0.834. The number of carbonyl (C=O) groups is 1. The smallest absolute Gasteiger partial charge is 0.244 e. The Morgan fingerprint density at radius 3 is 2.62 bits per heavy atom. The molecule has 6 nitrogen and oxygen atoms in total. The van der Waals surface area contributed by atoms with E-state index >= 15 is 0 Å². The van der Waals surface area contributed by atoms with Gasteiger partial charge in [0.2, 0.25) is 5.91 Å². The number of hydrogen-bond donors (Lipinski definition) is 2. The molecule has 0 aromatic heterocycles. The van der Waals surface area contributed by atoms with Crippen LogP contribution in [0.25, 0.3) is 0 Å². The Bertz CT molecular complexity index is 493. The molecule has 3 N–H and O–H groups in total. The fourth-order valence-corrected chi connectivity index (χ4v) is 2.08. The van der Waals surface area contributed by atoms with Gasteiger partial charge in [0.05, 0.1) is 13.2 Å². The molecule has 1 aromatic carbocycles. The first-order valence-corrected chi connectivity index (χ1v) is 7.20. The highest BCUT2D eigenvalue weighted by molar-refractivity contribution is 5.93. The largest absolute Gasteiger partial charge is 0.378 e. The number of morpholine rings is 1. The van der Waals surface area contributed by atoms with Crippen molar-refractivity contribution in [3.63, 3.8) is 0 Å². The average molecular weight is 290 g/mol. The molecule has 1 saturated heterocycles. The van der Waals surface area contributed by atoms with Crippen LogP contribution in [-0.2, 0) is 16.0 Å². The fourth-order valence-electron chi connectivity index (χ4n) is 2.08. The quantitative estimate of drug-likeness (QED) is 0.636. The van der Waals surface area contributed by atoms with Gasteiger partial charge in [-0.25, -0.2) is 4.99 Å². The molecule has 0 atom stereocenters. The lowest BCUT2D eigenvalue weighted by molar-refractivity contribution is -0.133. The van der Waals surface area contributed by atoms with Gasteiger partial charge in [0, 0.05) is 18.8 Å². The van der Waals surface area contributed by atoms with Crippen molar-refractivity contribution in [2.45, 2.75) is 13.3 Å². The number of anilines is 1. The van der Waals surface area contributed by atoms with Gasteiger partial charge in [0.25, 0.3) is 0 Å². The van der Waals surface area contributed by atoms with Gasteiger partial charge in [-0.3, -0.25) is 4.79 Å². The van der Waals surface area contributed by atoms with Crippen LogP contribution >= 0.6 is 0 Å². The third-order valence-electron chi connectivity index (χ3n) is 3.38. The van der Waals surface area contributed by atoms with E-state index in [-0.39, 0.29) is 18.4 Å². The van der Waals surface area contributed by atoms with E-state index in [2.05, 4.69) is 17.2 Å². The van der Waals surface area contributed by atoms with Crippen LogP contribution in [0.3, 0.4) is 0 Å². The van der Waals surface area contributed by atoms with Gasteiger partial charge in [0.15, 0.2) is 5.96 Å². The highest BCUT2D eigenvalue weighted by atomic mass is 16.5. The van der Waals surface area contributed by atoms with E-state index in [1.54, 1.807) is 4.90 Å². The van der Waals surface area contributed by atoms with Crippen molar-refractivity contribution < 1.29 is 9.53 Å². The number of carbonyl (C=O) groups excluding carboxylic acids is 1. The molecule has 1 fully saturated rings. The fraction of sp³-hybridized carbons (Fsp3) is 0.467. The van der Waals surface area contributed by atoms with Crippen LogP contribution in [0.5, 0.6) is 0 Å². The molecule has 1 amide bonds. The molecule has 0 radical (unpaired) electrons. The number of guanidine groups is 1. The highest BCUT2D eigenvalue weighted by Gasteiger charge is 2.15. The molecule has 1 heterocycles. The van der Waals surface area contributed by atoms with Gasteiger partial charge in [0.1, 0.15) is 6.54 Å². The van der Waals surface area contributed by atoms with E-state index in [9.17, 15) is 4.79 Å². The summed E-state index contributed by atoms with van der Waals surface area (Å²) < 4.78 is 5.21. The van der Waals surface area contributed by atoms with Gasteiger partial charge >= 0.3 is 0 Å². The zero-order valence-corrected chi connectivity index (χ0v) is 12.3. The number of amides is 1. The van der Waals surface area contributed by atoms with E-state index in [4.69, 9.17) is 10.5 Å². The molecule has 0 unspecified atom stereocenters. The highest BCUT2D eigenvalue weighted by Crippen LogP contribution is 2.09. The van der Waals surface area contributed by atoms with Crippen molar-refractivity contribution in [1.82, 2.24) is 4.90 Å². The van der Waals surface area contributed by atoms with Gasteiger partial charge in [-0.2, -0.15) is 0 Å². The standard InChI is InChI=1S/C15H22N4O2/c1-2-12-3-5-13(6-4-12)18-15(16)17-11-14(20)19-7-9-21-10-8-19/h3-6H,2,7-11H2,1H3,(H3,16,17,18). The third kappa shape index (κ3) is 4.75. The summed E-state index contributed by atoms with van der Waals surface area (Å²) in [6.07, 6.45) is 0.998. The Balaban J connectivity index is 1.83. The van der Waals surface area contributed by atoms with Crippen molar-refractivity contribution in [2.75, 3.05) is 38.2 Å². The maximum Gasteiger partial charge on any atom is 0.244 e. The molecule has 21 heavy (non-hydrogen) atoms. The number of rotatable bonds is 4. The number of hydrogen-bond acceptors (Lipinski definition) is 3. The zero-order chi connectivity index (χ0) is 15.1. The molecular formula is C15H22N4O2. The normalized spacial score (nSPS) is 15.9. The number of benzene rings is 1. The maximum atomic E-state index is 11.9. The molecule has 1 aliphatic rings. The van der Waals surface area contributed by atoms with Crippen molar-refractivity contribution in [2.24, 2.45) is 10.7 Å². The second-order valence-electron chi connectivity index (χ2n) is 4.87. The number of nitrogens with one attached hydrogen (secondary N) is 1. The molecule has 0 bridgehead atoms. The van der Waals surface area contributed by atoms with Gasteiger partial charge in [-0.05, 0) is 24.1 Å². The number of nitrogens with two attached hydrogens (primary N) is 1. The Morgan fingerprint density at radius 2 is 2.00 bits per heavy atom. The topological polar surface area (TPSA) is 79.9 Å². The number of aliphatic imine (C=N–C) groups is 1. The first-order chi connectivity index (χ1) is 10.2. The third-order valence-corrected chi connectivity index (χ3v) is 3.38. The van der Waals surface area contributed by atoms with Crippen LogP contribution in [0.2, 0.25) is 0 Å². The summed E-state index contributed by atoms with van der Waals surface area (Å²) >= 11 is 0. The molecule has 0 saturated carbocycles. The Labute approximate surface area is 125 Å². The van der Waals surface area contributed by atoms with Gasteiger partial charge in [-0.1, -0.05) is 19.1 Å². The summed E-state index contributed by atoms with van der Waals surface area (Å²) in [7, 11) is 0. The van der Waals surface area contributed by atoms with Crippen molar-refractivity contribution >= 4 is 17.6 Å². The van der Waals surface area contributed by atoms with Crippen molar-refractivity contribution in [3.05, 3.63) is 29.8 Å². The van der Waals surface area contributed by atoms with E-state index in [0.717, 1.165) is 12.1 Å². The molecule has 6 heteroatoms. The van der Waals surface area contributed by atoms with Crippen LogP contribution in [0, 0.1) is 0 Å². The minimum absolute atomic E-state index is 0.0237. The lowest BCUT2D eigenvalue weighted by Gasteiger charge is -2.26. The molecule has 114 valence electrons. The van der Waals surface area contributed by atoms with E-state index in [0.29, 0.717) is 26.3 Å². The summed E-state index contributed by atoms with van der Waals surface area (Å²) in [5, 5.41) is 2.98. The maximum absolute atomic E-state index is 11.9. The number of nitrogens with zero attached hydrogens (tertiary/aromatic N) is 2. The van der Waals surface area contributed by atoms with E-state index in [1.807, 2.05) is 24.3 Å². The zero-order valence-electron chi connectivity index (χ0n) is 12.3. The average Bonchev–Trinajstić information content (AvgIpc) is 2.54. The molecule has 0 aliphatic carbocycles. The summed E-state index contributed by atoms with van der Waals surface area (Å²) in [5.74, 6) is 0.227. The molecule has 2 rings (SSSR count). The van der Waals surface area contributed by atoms with Gasteiger partial charge < -0.3 is 20.7 Å². The summed E-state index contributed by atoms with van der Waals surface area (Å²) in [6.45, 7) is 4.60. The van der Waals surface area contributed by atoms with Gasteiger partial charge in [-0.15, -0.1) is 0 Å². The summed E-state index contributed by atoms with van der Waals surface area (Å²) in [4.78, 5) is 17.8. The lowest BCUT2D eigenvalue weighted by atomic mass is 10.1. The predicted molar refractivity (Wildman–Crippen MR) is 83.3 cm³/mol. The first kappa shape index (κ1) is 15.3. The molecule has 1 aromatic rings. The molecular weight excluding hydrogens is 268 g/mol. The summed E-state index contributed by atoms with van der Waals surface area (Å²) in [5.41, 5.74) is 7.93. The SMILES string of the molecule is CCc1ccc(NC(N)=NCC(=O)N2CCOCC2)cc1. The lowest BCUT2D eigenvalue weighted by Crippen LogP contribution is -2.42. The second kappa shape index (κ2) is 7.64. The van der Waals surface area contributed by atoms with Crippen molar-refractivity contribution in [1.29, 1.82) is 0 Å². The Morgan fingerprint density at radius 1 is 1.33 bits per heavy atom. The van der Waals surface area contributed by atoms with Crippen LogP contribution in [0.4, 0.5) is 5.69 Å².